The zero-order valence-corrected chi connectivity index (χ0v) is 32.4. The van der Waals surface area contributed by atoms with Crippen LogP contribution in [0.2, 0.25) is 0 Å². The molecule has 289 valence electrons. The van der Waals surface area contributed by atoms with Crippen molar-refractivity contribution in [3.63, 3.8) is 0 Å². The van der Waals surface area contributed by atoms with E-state index in [-0.39, 0.29) is 108 Å². The molecule has 0 spiro atoms. The van der Waals surface area contributed by atoms with Crippen LogP contribution in [-0.4, -0.2) is 53.6 Å². The monoisotopic (exact) mass is 759 g/mol. The van der Waals surface area contributed by atoms with Gasteiger partial charge in [0.25, 0.3) is 0 Å². The fourth-order valence-electron chi connectivity index (χ4n) is 7.68. The van der Waals surface area contributed by atoms with E-state index in [1.165, 1.54) is 0 Å². The number of carbonyl (C=O) groups excluding carboxylic acids is 3. The summed E-state index contributed by atoms with van der Waals surface area (Å²) >= 11 is 0. The fraction of sp³-hybridized carbons (Fsp3) is 0.450. The lowest BCUT2D eigenvalue weighted by molar-refractivity contribution is -0.0493. The normalized spacial score (nSPS) is 21.5. The number of carbonyl (C=O) groups is 3. The average molecular weight is 760 g/mol. The molecule has 15 heteroatoms. The van der Waals surface area contributed by atoms with E-state index in [4.69, 9.17) is 56.8 Å². The average Bonchev–Trinajstić information content (AvgIpc) is 3.85. The minimum absolute atomic E-state index is 0.0469. The number of hydrogen-bond acceptors (Lipinski definition) is 15. The van der Waals surface area contributed by atoms with Gasteiger partial charge in [-0.05, 0) is 0 Å². The van der Waals surface area contributed by atoms with E-state index >= 15 is 0 Å². The van der Waals surface area contributed by atoms with Crippen LogP contribution in [-0.2, 0) is 0 Å². The van der Waals surface area contributed by atoms with Gasteiger partial charge in [0.2, 0.25) is 34.7 Å². The molecular formula is C40H39O15. The Morgan fingerprint density at radius 1 is 0.291 bits per heavy atom. The molecule has 6 heterocycles. The molecule has 9 rings (SSSR count). The third-order valence-corrected chi connectivity index (χ3v) is 9.35. The van der Waals surface area contributed by atoms with Crippen molar-refractivity contribution in [2.24, 2.45) is 0 Å². The summed E-state index contributed by atoms with van der Waals surface area (Å²) in [7, 11) is 0. The minimum Gasteiger partial charge on any atom is -0.449 e. The Hall–Kier alpha value is -5.73. The number of rotatable bonds is 6. The van der Waals surface area contributed by atoms with Gasteiger partial charge in [-0.1, -0.05) is 0 Å². The number of hydrogen-bond donors (Lipinski definition) is 0. The second-order valence-corrected chi connectivity index (χ2v) is 16.7. The van der Waals surface area contributed by atoms with Gasteiger partial charge in [-0.15, -0.1) is 0 Å². The Morgan fingerprint density at radius 3 is 0.582 bits per heavy atom. The summed E-state index contributed by atoms with van der Waals surface area (Å²) in [6.45, 7) is 20.2. The molecule has 1 radical (unpaired) electrons. The highest BCUT2D eigenvalue weighted by Crippen LogP contribution is 2.69. The highest BCUT2D eigenvalue weighted by atomic mass is 16.8. The lowest BCUT2D eigenvalue weighted by atomic mass is 9.79. The van der Waals surface area contributed by atoms with Crippen molar-refractivity contribution < 1.29 is 71.2 Å². The van der Waals surface area contributed by atoms with E-state index in [0.29, 0.717) is 18.9 Å². The lowest BCUT2D eigenvalue weighted by Crippen LogP contribution is -2.32. The van der Waals surface area contributed by atoms with Crippen molar-refractivity contribution in [3.8, 4) is 69.0 Å². The second-order valence-electron chi connectivity index (χ2n) is 16.7. The first-order chi connectivity index (χ1) is 25.5. The van der Waals surface area contributed by atoms with Gasteiger partial charge in [0.15, 0.2) is 87.9 Å². The quantitative estimate of drug-likeness (QED) is 0.183. The van der Waals surface area contributed by atoms with E-state index in [1.54, 1.807) is 83.1 Å². The van der Waals surface area contributed by atoms with Gasteiger partial charge in [-0.25, -0.2) is 0 Å². The molecule has 0 aromatic heterocycles. The Balaban J connectivity index is 1.51. The van der Waals surface area contributed by atoms with Gasteiger partial charge >= 0.3 is 0 Å². The molecule has 3 aromatic rings. The van der Waals surface area contributed by atoms with E-state index in [9.17, 15) is 14.4 Å². The van der Waals surface area contributed by atoms with Gasteiger partial charge in [0.05, 0.1) is 22.6 Å². The van der Waals surface area contributed by atoms with Crippen LogP contribution in [0.4, 0.5) is 0 Å². The van der Waals surface area contributed by atoms with Crippen LogP contribution < -0.4 is 56.8 Å². The maximum absolute atomic E-state index is 12.9. The van der Waals surface area contributed by atoms with Crippen LogP contribution in [0.5, 0.6) is 69.0 Å². The first-order valence-electron chi connectivity index (χ1n) is 17.7. The molecule has 6 aliphatic rings. The molecule has 0 amide bonds. The van der Waals surface area contributed by atoms with Gasteiger partial charge in [-0.2, -0.15) is 0 Å². The van der Waals surface area contributed by atoms with Crippen LogP contribution >= 0.6 is 0 Å². The fourth-order valence-corrected chi connectivity index (χ4v) is 7.68. The summed E-state index contributed by atoms with van der Waals surface area (Å²) in [5.74, 6) is -6.74. The largest absolute Gasteiger partial charge is 0.449 e. The summed E-state index contributed by atoms with van der Waals surface area (Å²) in [5, 5.41) is 0. The Bertz CT molecular complexity index is 1920. The van der Waals surface area contributed by atoms with Crippen LogP contribution in [0.25, 0.3) is 0 Å². The van der Waals surface area contributed by atoms with Crippen molar-refractivity contribution in [2.75, 3.05) is 0 Å². The Labute approximate surface area is 315 Å². The van der Waals surface area contributed by atoms with E-state index in [0.717, 1.165) is 0 Å². The van der Waals surface area contributed by atoms with Crippen molar-refractivity contribution in [3.05, 3.63) is 39.3 Å². The van der Waals surface area contributed by atoms with Gasteiger partial charge in [0.1, 0.15) is 16.7 Å². The number of fused-ring (bicyclic) bond motifs is 6. The topological polar surface area (TPSA) is 162 Å². The second kappa shape index (κ2) is 10.3. The van der Waals surface area contributed by atoms with Gasteiger partial charge < -0.3 is 56.8 Å². The number of benzene rings is 3. The molecule has 15 nitrogen and oxygen atoms in total. The molecule has 0 fully saturated rings. The molecule has 0 aliphatic carbocycles. The summed E-state index contributed by atoms with van der Waals surface area (Å²) in [6, 6.07) is 0. The predicted molar refractivity (Wildman–Crippen MR) is 188 cm³/mol. The third-order valence-electron chi connectivity index (χ3n) is 9.35. The molecule has 3 aromatic carbocycles. The van der Waals surface area contributed by atoms with Crippen LogP contribution in [0.3, 0.4) is 0 Å². The molecule has 0 saturated carbocycles. The van der Waals surface area contributed by atoms with Gasteiger partial charge in [0, 0.05) is 83.1 Å². The van der Waals surface area contributed by atoms with Crippen molar-refractivity contribution in [2.45, 2.75) is 118 Å². The minimum atomic E-state index is -1.30. The maximum Gasteiger partial charge on any atom is 0.246 e. The molecule has 55 heavy (non-hydrogen) atoms. The first kappa shape index (κ1) is 35.0. The molecule has 0 saturated heterocycles. The Kier molecular flexibility index (Phi) is 6.56. The van der Waals surface area contributed by atoms with Gasteiger partial charge in [-0.3, -0.25) is 14.4 Å². The molecular weight excluding hydrogens is 720 g/mol. The first-order valence-corrected chi connectivity index (χ1v) is 17.7. The van der Waals surface area contributed by atoms with Crippen molar-refractivity contribution in [1.29, 1.82) is 0 Å². The van der Waals surface area contributed by atoms with E-state index in [2.05, 4.69) is 0 Å². The highest BCUT2D eigenvalue weighted by Gasteiger charge is 2.56. The zero-order chi connectivity index (χ0) is 39.6. The lowest BCUT2D eigenvalue weighted by Gasteiger charge is -2.27. The van der Waals surface area contributed by atoms with Crippen molar-refractivity contribution >= 4 is 18.9 Å². The van der Waals surface area contributed by atoms with Crippen LogP contribution in [0, 0.1) is 5.92 Å². The summed E-state index contributed by atoms with van der Waals surface area (Å²) in [6.07, 6.45) is 1.82. The van der Waals surface area contributed by atoms with E-state index in [1.807, 2.05) is 0 Å². The third kappa shape index (κ3) is 4.97. The molecule has 6 aliphatic heterocycles. The molecule has 0 bridgehead atoms. The maximum atomic E-state index is 12.9. The standard InChI is InChI=1S/C40H39O15/c1-35(2)44-23-16(13-41)24-30(51-36(3,4)45-24)20(29(23)50-35)19(21-31-25(46-37(5,6)52-31)17(14-42)26-32(21)53-38(7,8)47-26)22-33-27(48-39(9,10)54-33)18(15-43)28-34(22)55-40(11,12)49-28/h13-15H,1-12H3. The Morgan fingerprint density at radius 2 is 0.436 bits per heavy atom. The van der Waals surface area contributed by atoms with Crippen LogP contribution in [0.1, 0.15) is 131 Å². The molecule has 0 unspecified atom stereocenters. The SMILES string of the molecule is CC1(C)Oc2c(C=O)c3c(c([C](c4c5c(c(C=O)c6c4OC(C)(C)O6)OC(C)(C)O5)c4c5c(c(C=O)c6c4OC(C)(C)O6)OC(C)(C)O5)c2O1)OC(C)(C)O3. The zero-order valence-electron chi connectivity index (χ0n) is 32.4. The summed E-state index contributed by atoms with van der Waals surface area (Å²) < 4.78 is 77.4. The van der Waals surface area contributed by atoms with Crippen LogP contribution in [0.15, 0.2) is 0 Å². The van der Waals surface area contributed by atoms with E-state index < -0.39 is 34.7 Å². The van der Waals surface area contributed by atoms with Crippen molar-refractivity contribution in [1.82, 2.24) is 0 Å². The number of ether oxygens (including phenoxy) is 12. The smallest absolute Gasteiger partial charge is 0.246 e. The summed E-state index contributed by atoms with van der Waals surface area (Å²) in [5.41, 5.74) is 0.686. The molecule has 0 atom stereocenters. The predicted octanol–water partition coefficient (Wildman–Crippen LogP) is 7.19. The molecule has 0 N–H and O–H groups in total. The highest BCUT2D eigenvalue weighted by molar-refractivity contribution is 5.97. The number of aldehydes is 3. The summed E-state index contributed by atoms with van der Waals surface area (Å²) in [4.78, 5) is 38.8.